The average molecular weight is 284 g/mol. The van der Waals surface area contributed by atoms with Crippen LogP contribution in [0.4, 0.5) is 0 Å². The lowest BCUT2D eigenvalue weighted by Crippen LogP contribution is -2.18. The molecule has 1 atom stereocenters. The van der Waals surface area contributed by atoms with Crippen molar-refractivity contribution in [1.29, 1.82) is 0 Å². The quantitative estimate of drug-likeness (QED) is 0.934. The minimum atomic E-state index is -0.162. The molecule has 5 heteroatoms. The molecule has 0 aliphatic carbocycles. The van der Waals surface area contributed by atoms with Crippen molar-refractivity contribution in [1.82, 2.24) is 9.78 Å². The second kappa shape index (κ2) is 5.74. The summed E-state index contributed by atoms with van der Waals surface area (Å²) in [5.74, 6) is 0. The Hall–Kier alpha value is -1.03. The summed E-state index contributed by atoms with van der Waals surface area (Å²) in [4.78, 5) is 0. The van der Waals surface area contributed by atoms with Crippen molar-refractivity contribution in [3.63, 3.8) is 0 Å². The highest BCUT2D eigenvalue weighted by molar-refractivity contribution is 6.36. The zero-order valence-electron chi connectivity index (χ0n) is 10.1. The predicted octanol–water partition coefficient (Wildman–Crippen LogP) is 3.45. The second-order valence-corrected chi connectivity index (χ2v) is 4.90. The summed E-state index contributed by atoms with van der Waals surface area (Å²) in [6.45, 7) is 2.83. The van der Waals surface area contributed by atoms with Crippen molar-refractivity contribution in [2.24, 2.45) is 5.73 Å². The third-order valence-electron chi connectivity index (χ3n) is 2.91. The van der Waals surface area contributed by atoms with Crippen LogP contribution < -0.4 is 5.73 Å². The number of aryl methyl sites for hydroxylation is 1. The maximum Gasteiger partial charge on any atom is 0.0554 e. The van der Waals surface area contributed by atoms with E-state index in [4.69, 9.17) is 28.9 Å². The minimum absolute atomic E-state index is 0.162. The van der Waals surface area contributed by atoms with E-state index in [1.807, 2.05) is 35.9 Å². The van der Waals surface area contributed by atoms with E-state index < -0.39 is 0 Å². The van der Waals surface area contributed by atoms with Gasteiger partial charge in [-0.05, 0) is 37.1 Å². The van der Waals surface area contributed by atoms with Crippen LogP contribution in [-0.4, -0.2) is 9.78 Å². The topological polar surface area (TPSA) is 43.8 Å². The van der Waals surface area contributed by atoms with Gasteiger partial charge in [0.25, 0.3) is 0 Å². The Bertz CT molecular complexity index is 517. The van der Waals surface area contributed by atoms with Crippen molar-refractivity contribution in [2.75, 3.05) is 0 Å². The smallest absolute Gasteiger partial charge is 0.0554 e. The van der Waals surface area contributed by atoms with Gasteiger partial charge in [-0.2, -0.15) is 5.10 Å². The molecule has 1 unspecified atom stereocenters. The molecule has 2 rings (SSSR count). The van der Waals surface area contributed by atoms with E-state index in [1.165, 1.54) is 0 Å². The van der Waals surface area contributed by atoms with Crippen LogP contribution in [0.25, 0.3) is 0 Å². The molecule has 1 aromatic heterocycles. The largest absolute Gasteiger partial charge is 0.322 e. The average Bonchev–Trinajstić information content (AvgIpc) is 2.82. The molecule has 0 saturated heterocycles. The fraction of sp³-hybridized carbons (Fsp3) is 0.308. The summed E-state index contributed by atoms with van der Waals surface area (Å²) >= 11 is 12.3. The van der Waals surface area contributed by atoms with E-state index in [-0.39, 0.29) is 6.04 Å². The van der Waals surface area contributed by atoms with Crippen molar-refractivity contribution in [2.45, 2.75) is 25.9 Å². The number of nitrogens with zero attached hydrogens (tertiary/aromatic N) is 2. The molecule has 0 saturated carbocycles. The number of hydrogen-bond donors (Lipinski definition) is 1. The fourth-order valence-corrected chi connectivity index (χ4v) is 2.53. The van der Waals surface area contributed by atoms with Crippen LogP contribution in [0.3, 0.4) is 0 Å². The summed E-state index contributed by atoms with van der Waals surface area (Å²) in [7, 11) is 0. The highest BCUT2D eigenvalue weighted by Crippen LogP contribution is 2.28. The molecule has 0 fully saturated rings. The van der Waals surface area contributed by atoms with Crippen LogP contribution in [-0.2, 0) is 13.0 Å². The van der Waals surface area contributed by atoms with Gasteiger partial charge in [0.05, 0.1) is 11.7 Å². The molecule has 0 aliphatic rings. The molecule has 3 nitrogen and oxygen atoms in total. The highest BCUT2D eigenvalue weighted by atomic mass is 35.5. The third kappa shape index (κ3) is 2.69. The minimum Gasteiger partial charge on any atom is -0.322 e. The van der Waals surface area contributed by atoms with Gasteiger partial charge in [0, 0.05) is 22.8 Å². The van der Waals surface area contributed by atoms with E-state index in [0.717, 1.165) is 17.8 Å². The van der Waals surface area contributed by atoms with Gasteiger partial charge in [-0.1, -0.05) is 29.3 Å². The first-order valence-corrected chi connectivity index (χ1v) is 6.59. The summed E-state index contributed by atoms with van der Waals surface area (Å²) in [5, 5.41) is 5.52. The predicted molar refractivity (Wildman–Crippen MR) is 75.0 cm³/mol. The molecule has 0 amide bonds. The molecule has 2 N–H and O–H groups in total. The Kier molecular flexibility index (Phi) is 4.27. The Balaban J connectivity index is 2.24. The molecule has 0 spiro atoms. The number of rotatable bonds is 4. The van der Waals surface area contributed by atoms with Gasteiger partial charge in [0.15, 0.2) is 0 Å². The van der Waals surface area contributed by atoms with Gasteiger partial charge < -0.3 is 5.73 Å². The normalized spacial score (nSPS) is 12.7. The van der Waals surface area contributed by atoms with Crippen LogP contribution in [0.15, 0.2) is 30.5 Å². The molecular weight excluding hydrogens is 269 g/mol. The summed E-state index contributed by atoms with van der Waals surface area (Å²) in [6.07, 6.45) is 2.36. The molecule has 0 bridgehead atoms. The monoisotopic (exact) mass is 283 g/mol. The molecule has 0 aliphatic heterocycles. The van der Waals surface area contributed by atoms with Gasteiger partial charge in [-0.15, -0.1) is 0 Å². The maximum absolute atomic E-state index is 6.21. The number of nitrogens with two attached hydrogens (primary N) is 1. The number of halogens is 2. The molecule has 2 aromatic rings. The van der Waals surface area contributed by atoms with E-state index in [9.17, 15) is 0 Å². The van der Waals surface area contributed by atoms with E-state index in [1.54, 1.807) is 6.20 Å². The standard InChI is InChI=1S/C13H15Cl2N3/c1-2-18-13(6-7-17-18)12(16)8-9-10(14)4-3-5-11(9)15/h3-7,12H,2,8,16H2,1H3. The summed E-state index contributed by atoms with van der Waals surface area (Å²) in [5.41, 5.74) is 8.09. The maximum atomic E-state index is 6.21. The Morgan fingerprint density at radius 1 is 1.28 bits per heavy atom. The lowest BCUT2D eigenvalue weighted by atomic mass is 10.0. The highest BCUT2D eigenvalue weighted by Gasteiger charge is 2.15. The lowest BCUT2D eigenvalue weighted by molar-refractivity contribution is 0.568. The number of hydrogen-bond acceptors (Lipinski definition) is 2. The SMILES string of the molecule is CCn1nccc1C(N)Cc1c(Cl)cccc1Cl. The zero-order valence-corrected chi connectivity index (χ0v) is 11.6. The van der Waals surface area contributed by atoms with Crippen molar-refractivity contribution in [3.8, 4) is 0 Å². The Morgan fingerprint density at radius 3 is 2.56 bits per heavy atom. The van der Waals surface area contributed by atoms with Gasteiger partial charge in [0.2, 0.25) is 0 Å². The first-order chi connectivity index (χ1) is 8.63. The zero-order chi connectivity index (χ0) is 13.1. The van der Waals surface area contributed by atoms with Gasteiger partial charge in [0.1, 0.15) is 0 Å². The number of benzene rings is 1. The molecular formula is C13H15Cl2N3. The summed E-state index contributed by atoms with van der Waals surface area (Å²) < 4.78 is 1.88. The van der Waals surface area contributed by atoms with Crippen LogP contribution in [0.1, 0.15) is 24.2 Å². The summed E-state index contributed by atoms with van der Waals surface area (Å²) in [6, 6.07) is 7.25. The van der Waals surface area contributed by atoms with Gasteiger partial charge in [-0.3, -0.25) is 4.68 Å². The molecule has 96 valence electrons. The first kappa shape index (κ1) is 13.4. The fourth-order valence-electron chi connectivity index (χ4n) is 1.97. The molecule has 18 heavy (non-hydrogen) atoms. The van der Waals surface area contributed by atoms with Crippen molar-refractivity contribution < 1.29 is 0 Å². The van der Waals surface area contributed by atoms with Crippen LogP contribution >= 0.6 is 23.2 Å². The molecule has 1 aromatic carbocycles. The van der Waals surface area contributed by atoms with Crippen LogP contribution in [0, 0.1) is 0 Å². The van der Waals surface area contributed by atoms with Gasteiger partial charge >= 0.3 is 0 Å². The first-order valence-electron chi connectivity index (χ1n) is 5.83. The lowest BCUT2D eigenvalue weighted by Gasteiger charge is -2.15. The third-order valence-corrected chi connectivity index (χ3v) is 3.62. The second-order valence-electron chi connectivity index (χ2n) is 4.08. The number of aromatic nitrogens is 2. The van der Waals surface area contributed by atoms with E-state index in [0.29, 0.717) is 16.5 Å². The Morgan fingerprint density at radius 2 is 1.94 bits per heavy atom. The van der Waals surface area contributed by atoms with Crippen LogP contribution in [0.2, 0.25) is 10.0 Å². The van der Waals surface area contributed by atoms with Gasteiger partial charge in [-0.25, -0.2) is 0 Å². The van der Waals surface area contributed by atoms with Crippen LogP contribution in [0.5, 0.6) is 0 Å². The van der Waals surface area contributed by atoms with Crippen molar-refractivity contribution in [3.05, 3.63) is 51.8 Å². The molecule has 0 radical (unpaired) electrons. The van der Waals surface area contributed by atoms with E-state index in [2.05, 4.69) is 5.10 Å². The molecule has 1 heterocycles. The Labute approximate surface area is 117 Å². The van der Waals surface area contributed by atoms with Crippen molar-refractivity contribution >= 4 is 23.2 Å². The van der Waals surface area contributed by atoms with E-state index >= 15 is 0 Å².